The third-order valence-corrected chi connectivity index (χ3v) is 6.55. The van der Waals surface area contributed by atoms with Gasteiger partial charge in [0.2, 0.25) is 0 Å². The van der Waals surface area contributed by atoms with Gasteiger partial charge < -0.3 is 4.74 Å². The predicted molar refractivity (Wildman–Crippen MR) is 115 cm³/mol. The van der Waals surface area contributed by atoms with Gasteiger partial charge in [-0.05, 0) is 61.4 Å². The van der Waals surface area contributed by atoms with Gasteiger partial charge in [0.25, 0.3) is 0 Å². The first-order valence-electron chi connectivity index (χ1n) is 9.31. The third kappa shape index (κ3) is 1.76. The van der Waals surface area contributed by atoms with Crippen molar-refractivity contribution < 1.29 is 4.74 Å². The van der Waals surface area contributed by atoms with E-state index in [1.165, 1.54) is 33.4 Å². The Kier molecular flexibility index (Phi) is 3.19. The molecule has 0 fully saturated rings. The number of hydrogen-bond donors (Lipinski definition) is 0. The van der Waals surface area contributed by atoms with Crippen LogP contribution in [0.15, 0.2) is 83.5 Å². The maximum atomic E-state index is 5.78. The smallest absolute Gasteiger partial charge is 0.128 e. The van der Waals surface area contributed by atoms with E-state index in [0.29, 0.717) is 0 Å². The highest BCUT2D eigenvalue weighted by molar-refractivity contribution is 9.10. The highest BCUT2D eigenvalue weighted by Gasteiger charge is 2.52. The molecule has 28 heavy (non-hydrogen) atoms. The molecular formula is C25H16BrNO. The van der Waals surface area contributed by atoms with Crippen LogP contribution in [0.5, 0.6) is 5.75 Å². The summed E-state index contributed by atoms with van der Waals surface area (Å²) < 4.78 is 6.61. The van der Waals surface area contributed by atoms with Crippen LogP contribution in [0.3, 0.4) is 0 Å². The van der Waals surface area contributed by atoms with Crippen LogP contribution in [-0.2, 0) is 5.41 Å². The quantitative estimate of drug-likeness (QED) is 0.292. The predicted octanol–water partition coefficient (Wildman–Crippen LogP) is 6.20. The fourth-order valence-electron chi connectivity index (χ4n) is 5.15. The van der Waals surface area contributed by atoms with Gasteiger partial charge >= 0.3 is 0 Å². The van der Waals surface area contributed by atoms with E-state index in [1.54, 1.807) is 7.11 Å². The molecule has 1 heterocycles. The number of hydrogen-bond acceptors (Lipinski definition) is 2. The number of nitrogens with zero attached hydrogens (tertiary/aromatic N) is 1. The molecule has 2 aliphatic rings. The summed E-state index contributed by atoms with van der Waals surface area (Å²) in [6.45, 7) is 0. The minimum atomic E-state index is -0.361. The molecule has 0 amide bonds. The van der Waals surface area contributed by atoms with E-state index in [-0.39, 0.29) is 5.41 Å². The standard InChI is InChI=1S/C25H16BrNO/c1-28-21-12-6-11-19-23(21)24-20(13-14-22(26)27-24)25(19)17-9-4-2-7-15(17)16-8-3-5-10-18(16)25/h2-14H,1H3. The first-order valence-corrected chi connectivity index (χ1v) is 10.1. The molecule has 2 aliphatic carbocycles. The fourth-order valence-corrected chi connectivity index (χ4v) is 5.46. The molecule has 0 saturated heterocycles. The molecule has 6 rings (SSSR count). The van der Waals surface area contributed by atoms with Crippen LogP contribution in [0, 0.1) is 0 Å². The molecule has 3 aromatic carbocycles. The molecule has 2 nitrogen and oxygen atoms in total. The lowest BCUT2D eigenvalue weighted by Gasteiger charge is -2.30. The van der Waals surface area contributed by atoms with E-state index in [9.17, 15) is 0 Å². The molecule has 0 atom stereocenters. The Hall–Kier alpha value is -2.91. The number of ether oxygens (including phenoxy) is 1. The Bertz CT molecular complexity index is 1230. The van der Waals surface area contributed by atoms with Crippen LogP contribution in [0.25, 0.3) is 22.4 Å². The summed E-state index contributed by atoms with van der Waals surface area (Å²) in [4.78, 5) is 4.91. The molecule has 0 bridgehead atoms. The van der Waals surface area contributed by atoms with Crippen LogP contribution in [0.2, 0.25) is 0 Å². The Morgan fingerprint density at radius 1 is 0.714 bits per heavy atom. The second-order valence-corrected chi connectivity index (χ2v) is 8.07. The Labute approximate surface area is 172 Å². The second-order valence-electron chi connectivity index (χ2n) is 7.25. The lowest BCUT2D eigenvalue weighted by Crippen LogP contribution is -2.25. The van der Waals surface area contributed by atoms with Gasteiger partial charge in [0.05, 0.1) is 18.2 Å². The van der Waals surface area contributed by atoms with Crippen molar-refractivity contribution >= 4 is 15.9 Å². The molecule has 134 valence electrons. The van der Waals surface area contributed by atoms with Crippen molar-refractivity contribution in [1.29, 1.82) is 0 Å². The first kappa shape index (κ1) is 16.1. The van der Waals surface area contributed by atoms with Crippen molar-refractivity contribution in [3.63, 3.8) is 0 Å². The number of benzene rings is 3. The fraction of sp³-hybridized carbons (Fsp3) is 0.0800. The topological polar surface area (TPSA) is 22.1 Å². The average Bonchev–Trinajstić information content (AvgIpc) is 3.20. The zero-order valence-corrected chi connectivity index (χ0v) is 16.8. The molecular weight excluding hydrogens is 410 g/mol. The third-order valence-electron chi connectivity index (χ3n) is 6.10. The monoisotopic (exact) mass is 425 g/mol. The van der Waals surface area contributed by atoms with Crippen LogP contribution >= 0.6 is 15.9 Å². The van der Waals surface area contributed by atoms with Crippen LogP contribution in [-0.4, -0.2) is 12.1 Å². The highest BCUT2D eigenvalue weighted by atomic mass is 79.9. The van der Waals surface area contributed by atoms with E-state index in [2.05, 4.69) is 82.7 Å². The van der Waals surface area contributed by atoms with Crippen LogP contribution < -0.4 is 4.74 Å². The van der Waals surface area contributed by atoms with Crippen molar-refractivity contribution in [3.05, 3.63) is 106 Å². The zero-order chi connectivity index (χ0) is 18.9. The molecule has 0 saturated carbocycles. The van der Waals surface area contributed by atoms with E-state index < -0.39 is 0 Å². The lowest BCUT2D eigenvalue weighted by atomic mass is 9.71. The average molecular weight is 426 g/mol. The largest absolute Gasteiger partial charge is 0.496 e. The van der Waals surface area contributed by atoms with E-state index in [0.717, 1.165) is 21.6 Å². The van der Waals surface area contributed by atoms with Gasteiger partial charge in [-0.1, -0.05) is 66.7 Å². The lowest BCUT2D eigenvalue weighted by molar-refractivity contribution is 0.416. The molecule has 4 aromatic rings. The summed E-state index contributed by atoms with van der Waals surface area (Å²) in [6, 6.07) is 28.1. The molecule has 0 aliphatic heterocycles. The second kappa shape index (κ2) is 5.55. The maximum absolute atomic E-state index is 5.78. The van der Waals surface area contributed by atoms with Crippen molar-refractivity contribution in [2.24, 2.45) is 0 Å². The zero-order valence-electron chi connectivity index (χ0n) is 15.2. The van der Waals surface area contributed by atoms with Crippen molar-refractivity contribution in [2.75, 3.05) is 7.11 Å². The van der Waals surface area contributed by atoms with E-state index >= 15 is 0 Å². The number of methoxy groups -OCH3 is 1. The summed E-state index contributed by atoms with van der Waals surface area (Å²) >= 11 is 3.57. The Morgan fingerprint density at radius 3 is 2.04 bits per heavy atom. The number of fused-ring (bicyclic) bond motifs is 10. The summed E-state index contributed by atoms with van der Waals surface area (Å²) in [5.41, 5.74) is 9.39. The first-order chi connectivity index (χ1) is 13.8. The SMILES string of the molecule is COc1cccc2c1-c1nc(Br)ccc1C21c2ccccc2-c2ccccc21. The summed E-state index contributed by atoms with van der Waals surface area (Å²) in [6.07, 6.45) is 0. The number of pyridine rings is 1. The van der Waals surface area contributed by atoms with Gasteiger partial charge in [-0.15, -0.1) is 0 Å². The van der Waals surface area contributed by atoms with Gasteiger partial charge in [0.1, 0.15) is 10.4 Å². The van der Waals surface area contributed by atoms with Gasteiger partial charge in [-0.25, -0.2) is 4.98 Å². The number of halogens is 1. The van der Waals surface area contributed by atoms with Crippen molar-refractivity contribution in [1.82, 2.24) is 4.98 Å². The minimum Gasteiger partial charge on any atom is -0.496 e. The van der Waals surface area contributed by atoms with Gasteiger partial charge in [-0.3, -0.25) is 0 Å². The van der Waals surface area contributed by atoms with Crippen molar-refractivity contribution in [3.8, 4) is 28.1 Å². The van der Waals surface area contributed by atoms with Gasteiger partial charge in [0.15, 0.2) is 0 Å². The molecule has 0 N–H and O–H groups in total. The molecule has 0 unspecified atom stereocenters. The summed E-state index contributed by atoms with van der Waals surface area (Å²) in [5.74, 6) is 0.864. The summed E-state index contributed by atoms with van der Waals surface area (Å²) in [7, 11) is 1.73. The van der Waals surface area contributed by atoms with E-state index in [4.69, 9.17) is 9.72 Å². The van der Waals surface area contributed by atoms with Crippen LogP contribution in [0.4, 0.5) is 0 Å². The van der Waals surface area contributed by atoms with E-state index in [1.807, 2.05) is 12.1 Å². The highest BCUT2D eigenvalue weighted by Crippen LogP contribution is 2.63. The molecule has 1 spiro atoms. The van der Waals surface area contributed by atoms with Gasteiger partial charge in [-0.2, -0.15) is 0 Å². The number of rotatable bonds is 1. The molecule has 3 heteroatoms. The maximum Gasteiger partial charge on any atom is 0.128 e. The number of aromatic nitrogens is 1. The minimum absolute atomic E-state index is 0.361. The Balaban J connectivity index is 1.87. The molecule has 1 aromatic heterocycles. The van der Waals surface area contributed by atoms with Crippen molar-refractivity contribution in [2.45, 2.75) is 5.41 Å². The van der Waals surface area contributed by atoms with Crippen LogP contribution in [0.1, 0.15) is 22.3 Å². The Morgan fingerprint density at radius 2 is 1.36 bits per heavy atom. The normalized spacial score (nSPS) is 14.4. The van der Waals surface area contributed by atoms with Gasteiger partial charge in [0, 0.05) is 5.56 Å². The summed E-state index contributed by atoms with van der Waals surface area (Å²) in [5, 5.41) is 0. The molecule has 0 radical (unpaired) electrons.